The number of fused-ring (bicyclic) bond motifs is 2. The number of esters is 2. The van der Waals surface area contributed by atoms with E-state index in [4.69, 9.17) is 21.1 Å². The van der Waals surface area contributed by atoms with Gasteiger partial charge in [-0.3, -0.25) is 9.59 Å². The van der Waals surface area contributed by atoms with Crippen molar-refractivity contribution in [2.24, 2.45) is 5.41 Å². The third-order valence-electron chi connectivity index (χ3n) is 6.90. The smallest absolute Gasteiger partial charge is 0.323 e. The highest BCUT2D eigenvalue weighted by Crippen LogP contribution is 2.52. The molecule has 6 nitrogen and oxygen atoms in total. The number of hydrogen-bond donors (Lipinski definition) is 0. The van der Waals surface area contributed by atoms with Crippen LogP contribution >= 0.6 is 11.6 Å². The van der Waals surface area contributed by atoms with Crippen LogP contribution in [0.1, 0.15) is 44.2 Å². The minimum Gasteiger partial charge on any atom is -0.468 e. The summed E-state index contributed by atoms with van der Waals surface area (Å²) in [7, 11) is -1.70. The number of hydrogen-bond acceptors (Lipinski definition) is 6. The van der Waals surface area contributed by atoms with Crippen LogP contribution in [0.4, 0.5) is 0 Å². The number of ether oxygens (including phenoxy) is 2. The molecule has 0 amide bonds. The van der Waals surface area contributed by atoms with Gasteiger partial charge in [0.05, 0.1) is 24.0 Å². The fourth-order valence-corrected chi connectivity index (χ4v) is 7.11. The van der Waals surface area contributed by atoms with E-state index in [-0.39, 0.29) is 22.6 Å². The average molecular weight is 515 g/mol. The van der Waals surface area contributed by atoms with Crippen molar-refractivity contribution in [2.45, 2.75) is 43.4 Å². The molecule has 4 rings (SSSR count). The highest BCUT2D eigenvalue weighted by Gasteiger charge is 2.55. The summed E-state index contributed by atoms with van der Waals surface area (Å²) < 4.78 is 38.0. The van der Waals surface area contributed by atoms with Crippen molar-refractivity contribution in [2.75, 3.05) is 14.2 Å². The van der Waals surface area contributed by atoms with Crippen LogP contribution < -0.4 is 0 Å². The highest BCUT2D eigenvalue weighted by molar-refractivity contribution is 7.95. The van der Waals surface area contributed by atoms with Crippen molar-refractivity contribution in [1.82, 2.24) is 0 Å². The molecule has 0 unspecified atom stereocenters. The normalized spacial score (nSPS) is 18.5. The first-order valence-corrected chi connectivity index (χ1v) is 13.0. The number of carbonyl (C=O) groups is 2. The van der Waals surface area contributed by atoms with Crippen molar-refractivity contribution < 1.29 is 27.5 Å². The van der Waals surface area contributed by atoms with E-state index in [1.54, 1.807) is 24.3 Å². The predicted octanol–water partition coefficient (Wildman–Crippen LogP) is 5.26. The van der Waals surface area contributed by atoms with Crippen molar-refractivity contribution in [3.8, 4) is 0 Å². The second kappa shape index (κ2) is 8.95. The summed E-state index contributed by atoms with van der Waals surface area (Å²) in [5, 5.41) is 0.531. The quantitative estimate of drug-likeness (QED) is 0.408. The van der Waals surface area contributed by atoms with Crippen molar-refractivity contribution in [1.29, 1.82) is 0 Å². The van der Waals surface area contributed by atoms with Crippen LogP contribution in [0, 0.1) is 5.41 Å². The molecule has 35 heavy (non-hydrogen) atoms. The molecule has 184 valence electrons. The zero-order valence-electron chi connectivity index (χ0n) is 20.1. The molecule has 0 heterocycles. The summed E-state index contributed by atoms with van der Waals surface area (Å²) in [5.41, 5.74) is 0.722. The van der Waals surface area contributed by atoms with Gasteiger partial charge in [-0.15, -0.1) is 0 Å². The summed E-state index contributed by atoms with van der Waals surface area (Å²) in [4.78, 5) is 26.3. The van der Waals surface area contributed by atoms with Gasteiger partial charge in [-0.1, -0.05) is 55.8 Å². The van der Waals surface area contributed by atoms with E-state index in [1.807, 2.05) is 32.1 Å². The Kier molecular flexibility index (Phi) is 6.45. The first-order valence-electron chi connectivity index (χ1n) is 11.2. The fraction of sp³-hybridized carbons (Fsp3) is 0.333. The number of allylic oxidation sites excluding steroid dienone is 3. The number of sulfone groups is 1. The lowest BCUT2D eigenvalue weighted by Crippen LogP contribution is -2.45. The Hall–Kier alpha value is -2.90. The van der Waals surface area contributed by atoms with Crippen LogP contribution in [-0.4, -0.2) is 34.6 Å². The maximum absolute atomic E-state index is 14.0. The summed E-state index contributed by atoms with van der Waals surface area (Å²) >= 11 is 6.30. The number of benzene rings is 2. The molecule has 0 bridgehead atoms. The number of halogens is 1. The van der Waals surface area contributed by atoms with Gasteiger partial charge < -0.3 is 9.47 Å². The monoisotopic (exact) mass is 514 g/mol. The van der Waals surface area contributed by atoms with Crippen LogP contribution in [0.2, 0.25) is 5.02 Å². The van der Waals surface area contributed by atoms with Crippen molar-refractivity contribution in [3.05, 3.63) is 80.7 Å². The molecule has 0 aromatic heterocycles. The molecular weight excluding hydrogens is 488 g/mol. The van der Waals surface area contributed by atoms with Crippen molar-refractivity contribution >= 4 is 39.5 Å². The Morgan fingerprint density at radius 2 is 1.54 bits per heavy atom. The largest absolute Gasteiger partial charge is 0.468 e. The molecule has 2 aliphatic rings. The zero-order valence-corrected chi connectivity index (χ0v) is 21.6. The molecular formula is C27H27ClO6S. The Bertz CT molecular complexity index is 1350. The second-order valence-corrected chi connectivity index (χ2v) is 12.0. The second-order valence-electron chi connectivity index (χ2n) is 9.60. The lowest BCUT2D eigenvalue weighted by molar-refractivity contribution is -0.169. The topological polar surface area (TPSA) is 86.7 Å². The first kappa shape index (κ1) is 25.2. The highest BCUT2D eigenvalue weighted by atomic mass is 35.5. The Morgan fingerprint density at radius 3 is 2.14 bits per heavy atom. The van der Waals surface area contributed by atoms with Gasteiger partial charge in [0.25, 0.3) is 0 Å². The van der Waals surface area contributed by atoms with Crippen LogP contribution in [-0.2, 0) is 34.3 Å². The molecule has 2 aromatic carbocycles. The molecule has 2 aliphatic carbocycles. The number of methoxy groups -OCH3 is 2. The molecule has 0 radical (unpaired) electrons. The number of rotatable bonds is 4. The minimum atomic E-state index is -4.05. The van der Waals surface area contributed by atoms with Crippen molar-refractivity contribution in [3.63, 3.8) is 0 Å². The summed E-state index contributed by atoms with van der Waals surface area (Å²) in [6.45, 7) is 4.08. The zero-order chi connectivity index (χ0) is 25.6. The van der Waals surface area contributed by atoms with Gasteiger partial charge >= 0.3 is 11.9 Å². The van der Waals surface area contributed by atoms with Gasteiger partial charge in [0.2, 0.25) is 9.84 Å². The van der Waals surface area contributed by atoms with Crippen LogP contribution in [0.3, 0.4) is 0 Å². The Morgan fingerprint density at radius 1 is 0.914 bits per heavy atom. The predicted molar refractivity (Wildman–Crippen MR) is 133 cm³/mol. The molecule has 0 atom stereocenters. The van der Waals surface area contributed by atoms with E-state index in [9.17, 15) is 18.0 Å². The van der Waals surface area contributed by atoms with Gasteiger partial charge in [0.1, 0.15) is 0 Å². The summed E-state index contributed by atoms with van der Waals surface area (Å²) in [6, 6.07) is 13.6. The summed E-state index contributed by atoms with van der Waals surface area (Å²) in [6.07, 6.45) is 1.85. The van der Waals surface area contributed by atoms with Crippen LogP contribution in [0.25, 0.3) is 6.08 Å². The molecule has 0 aliphatic heterocycles. The minimum absolute atomic E-state index is 0.0315. The Balaban J connectivity index is 2.07. The lowest BCUT2D eigenvalue weighted by Gasteiger charge is -2.37. The lowest BCUT2D eigenvalue weighted by atomic mass is 9.69. The van der Waals surface area contributed by atoms with Crippen LogP contribution in [0.15, 0.2) is 69.5 Å². The maximum Gasteiger partial charge on any atom is 0.323 e. The van der Waals surface area contributed by atoms with Gasteiger partial charge in [0.15, 0.2) is 5.41 Å². The van der Waals surface area contributed by atoms with Gasteiger partial charge in [-0.25, -0.2) is 8.42 Å². The Labute approximate surface area is 210 Å². The van der Waals surface area contributed by atoms with Gasteiger partial charge in [-0.2, -0.15) is 0 Å². The van der Waals surface area contributed by atoms with E-state index in [2.05, 4.69) is 0 Å². The molecule has 0 N–H and O–H groups in total. The molecule has 0 saturated carbocycles. The van der Waals surface area contributed by atoms with Gasteiger partial charge in [0, 0.05) is 11.4 Å². The molecule has 2 aromatic rings. The standard InChI is InChI=1S/C27H27ClO6S/c1-26(2)15-21-18(12-17-13-19(28)10-11-22(17)26)14-27(24(29)33-3,25(30)34-4)16-23(21)35(31,32)20-8-6-5-7-9-20/h5-13H,14-16H2,1-4H3. The van der Waals surface area contributed by atoms with Gasteiger partial charge in [-0.05, 0) is 64.8 Å². The molecule has 0 spiro atoms. The number of carbonyl (C=O) groups excluding carboxylic acids is 2. The van der Waals surface area contributed by atoms with E-state index >= 15 is 0 Å². The van der Waals surface area contributed by atoms with E-state index in [0.29, 0.717) is 22.6 Å². The van der Waals surface area contributed by atoms with E-state index in [0.717, 1.165) is 11.1 Å². The third kappa shape index (κ3) is 4.21. The van der Waals surface area contributed by atoms with Crippen LogP contribution in [0.5, 0.6) is 0 Å². The molecule has 8 heteroatoms. The summed E-state index contributed by atoms with van der Waals surface area (Å²) in [5.74, 6) is -1.67. The average Bonchev–Trinajstić information content (AvgIpc) is 2.94. The fourth-order valence-electron chi connectivity index (χ4n) is 5.16. The van der Waals surface area contributed by atoms with E-state index in [1.165, 1.54) is 26.4 Å². The SMILES string of the molecule is COC(=O)C1(C(=O)OC)CC2=Cc3cc(Cl)ccc3C(C)(C)CC2=C(S(=O)(=O)c2ccccc2)C1. The molecule has 0 fully saturated rings. The van der Waals surface area contributed by atoms with E-state index < -0.39 is 32.6 Å². The molecule has 0 saturated heterocycles. The first-order chi connectivity index (χ1) is 16.5. The third-order valence-corrected chi connectivity index (χ3v) is 9.07. The maximum atomic E-state index is 14.0.